The topological polar surface area (TPSA) is 87.7 Å². The van der Waals surface area contributed by atoms with Crippen LogP contribution in [0, 0.1) is 17.8 Å². The van der Waals surface area contributed by atoms with Gasteiger partial charge in [-0.3, -0.25) is 4.79 Å². The maximum atomic E-state index is 12.2. The van der Waals surface area contributed by atoms with E-state index in [1.54, 1.807) is 6.07 Å². The molecule has 0 radical (unpaired) electrons. The molecule has 2 saturated heterocycles. The van der Waals surface area contributed by atoms with Crippen molar-refractivity contribution in [3.8, 4) is 5.75 Å². The molecule has 1 N–H and O–H groups in total. The van der Waals surface area contributed by atoms with Crippen molar-refractivity contribution in [2.75, 3.05) is 0 Å². The van der Waals surface area contributed by atoms with E-state index in [4.69, 9.17) is 21.1 Å². The quantitative estimate of drug-likeness (QED) is 0.732. The summed E-state index contributed by atoms with van der Waals surface area (Å²) in [6, 6.07) is 5.43. The zero-order valence-electron chi connectivity index (χ0n) is 17.0. The molecule has 29 heavy (non-hydrogen) atoms. The Morgan fingerprint density at radius 3 is 2.72 bits per heavy atom. The molecule has 1 aliphatic carbocycles. The van der Waals surface area contributed by atoms with Gasteiger partial charge in [0.1, 0.15) is 17.5 Å². The molecule has 2 bridgehead atoms. The second-order valence-corrected chi connectivity index (χ2v) is 9.55. The molecule has 0 spiro atoms. The Labute approximate surface area is 175 Å². The van der Waals surface area contributed by atoms with Crippen molar-refractivity contribution in [3.05, 3.63) is 28.8 Å². The van der Waals surface area contributed by atoms with Crippen LogP contribution in [0.5, 0.6) is 5.75 Å². The Balaban J connectivity index is 1.46. The predicted molar refractivity (Wildman–Crippen MR) is 105 cm³/mol. The summed E-state index contributed by atoms with van der Waals surface area (Å²) >= 11 is 6.40. The molecule has 158 valence electrons. The van der Waals surface area contributed by atoms with Crippen molar-refractivity contribution in [2.45, 2.75) is 70.3 Å². The Hall–Kier alpha value is -1.79. The predicted octanol–water partition coefficient (Wildman–Crippen LogP) is 2.46. The summed E-state index contributed by atoms with van der Waals surface area (Å²) in [6.07, 6.45) is 3.07. The van der Waals surface area contributed by atoms with Crippen LogP contribution in [0.1, 0.15) is 52.0 Å². The molecule has 0 aromatic heterocycles. The van der Waals surface area contributed by atoms with Gasteiger partial charge in [0.2, 0.25) is 5.91 Å². The minimum Gasteiger partial charge on any atom is -0.550 e. The van der Waals surface area contributed by atoms with E-state index >= 15 is 0 Å². The van der Waals surface area contributed by atoms with Gasteiger partial charge in [-0.15, -0.1) is 0 Å². The number of carboxylic acids is 1. The summed E-state index contributed by atoms with van der Waals surface area (Å²) in [5.74, 6) is -1.63. The molecule has 2 aliphatic heterocycles. The van der Waals surface area contributed by atoms with E-state index < -0.39 is 17.8 Å². The zero-order valence-corrected chi connectivity index (χ0v) is 17.8. The molecule has 1 aromatic rings. The Bertz CT molecular complexity index is 842. The van der Waals surface area contributed by atoms with Crippen LogP contribution < -0.4 is 15.2 Å². The summed E-state index contributed by atoms with van der Waals surface area (Å²) in [5.41, 5.74) is 0.222. The monoisotopic (exact) mass is 420 g/mol. The van der Waals surface area contributed by atoms with E-state index in [9.17, 15) is 14.7 Å². The maximum absolute atomic E-state index is 12.2. The Kier molecular flexibility index (Phi) is 5.06. The first-order chi connectivity index (χ1) is 13.7. The van der Waals surface area contributed by atoms with Crippen molar-refractivity contribution in [1.29, 1.82) is 0 Å². The first kappa shape index (κ1) is 20.5. The number of amides is 1. The molecular formula is C22H27ClNO5-. The summed E-state index contributed by atoms with van der Waals surface area (Å²) in [5, 5.41) is 14.2. The molecule has 1 aromatic carbocycles. The van der Waals surface area contributed by atoms with Gasteiger partial charge in [-0.25, -0.2) is 0 Å². The van der Waals surface area contributed by atoms with Crippen LogP contribution in [0.3, 0.4) is 0 Å². The highest BCUT2D eigenvalue weighted by molar-refractivity contribution is 6.31. The van der Waals surface area contributed by atoms with Crippen LogP contribution in [0.15, 0.2) is 18.2 Å². The van der Waals surface area contributed by atoms with E-state index in [0.29, 0.717) is 28.7 Å². The molecule has 0 unspecified atom stereocenters. The smallest absolute Gasteiger partial charge is 0.224 e. The van der Waals surface area contributed by atoms with Crippen LogP contribution in [0.4, 0.5) is 0 Å². The first-order valence-corrected chi connectivity index (χ1v) is 10.7. The second-order valence-electron chi connectivity index (χ2n) is 9.15. The van der Waals surface area contributed by atoms with Gasteiger partial charge in [-0.2, -0.15) is 0 Å². The zero-order chi connectivity index (χ0) is 21.0. The van der Waals surface area contributed by atoms with Gasteiger partial charge >= 0.3 is 0 Å². The molecule has 3 fully saturated rings. The van der Waals surface area contributed by atoms with Gasteiger partial charge in [0, 0.05) is 41.4 Å². The number of benzene rings is 1. The minimum absolute atomic E-state index is 0.0857. The van der Waals surface area contributed by atoms with E-state index in [1.165, 1.54) is 0 Å². The SMILES string of the molecule is CC(C)[C@@]12CC[C@@](C)(O1)[C@H](Oc1cccc(Cl)c1CNC(=O)[C@@H]1C[C@@H]1C(=O)[O-])C2. The molecule has 2 heterocycles. The van der Waals surface area contributed by atoms with E-state index in [1.807, 2.05) is 12.1 Å². The summed E-state index contributed by atoms with van der Waals surface area (Å²) in [6.45, 7) is 6.66. The highest BCUT2D eigenvalue weighted by Gasteiger charge is 2.61. The van der Waals surface area contributed by atoms with Gasteiger partial charge < -0.3 is 24.7 Å². The summed E-state index contributed by atoms with van der Waals surface area (Å²) in [7, 11) is 0. The number of hydrogen-bond donors (Lipinski definition) is 1. The van der Waals surface area contributed by atoms with Crippen molar-refractivity contribution in [1.82, 2.24) is 5.32 Å². The fourth-order valence-electron chi connectivity index (χ4n) is 4.76. The Morgan fingerprint density at radius 1 is 1.34 bits per heavy atom. The van der Waals surface area contributed by atoms with Crippen LogP contribution >= 0.6 is 11.6 Å². The molecule has 7 heteroatoms. The number of carbonyl (C=O) groups is 2. The molecule has 3 aliphatic rings. The lowest BCUT2D eigenvalue weighted by Crippen LogP contribution is -2.41. The average Bonchev–Trinajstić information content (AvgIpc) is 3.32. The van der Waals surface area contributed by atoms with Crippen LogP contribution in [-0.4, -0.2) is 29.2 Å². The van der Waals surface area contributed by atoms with E-state index in [2.05, 4.69) is 26.1 Å². The third-order valence-corrected chi connectivity index (χ3v) is 7.31. The van der Waals surface area contributed by atoms with E-state index in [-0.39, 0.29) is 29.8 Å². The van der Waals surface area contributed by atoms with Crippen molar-refractivity contribution in [2.24, 2.45) is 17.8 Å². The summed E-state index contributed by atoms with van der Waals surface area (Å²) < 4.78 is 12.8. The van der Waals surface area contributed by atoms with Gasteiger partial charge in [0.25, 0.3) is 0 Å². The number of hydrogen-bond acceptors (Lipinski definition) is 5. The number of fused-ring (bicyclic) bond motifs is 2. The fourth-order valence-corrected chi connectivity index (χ4v) is 4.99. The number of rotatable bonds is 7. The van der Waals surface area contributed by atoms with Crippen LogP contribution in [0.25, 0.3) is 0 Å². The number of halogens is 1. The molecule has 4 rings (SSSR count). The normalized spacial score (nSPS) is 35.0. The average molecular weight is 421 g/mol. The summed E-state index contributed by atoms with van der Waals surface area (Å²) in [4.78, 5) is 23.1. The van der Waals surface area contributed by atoms with Crippen molar-refractivity contribution < 1.29 is 24.2 Å². The number of carboxylic acid groups (broad SMARTS) is 1. The van der Waals surface area contributed by atoms with Gasteiger partial charge in [0.05, 0.1) is 5.60 Å². The van der Waals surface area contributed by atoms with Crippen molar-refractivity contribution in [3.63, 3.8) is 0 Å². The van der Waals surface area contributed by atoms with Gasteiger partial charge in [-0.05, 0) is 44.2 Å². The number of nitrogens with one attached hydrogen (secondary N) is 1. The maximum Gasteiger partial charge on any atom is 0.224 e. The third kappa shape index (κ3) is 3.61. The van der Waals surface area contributed by atoms with E-state index in [0.717, 1.165) is 19.3 Å². The largest absolute Gasteiger partial charge is 0.550 e. The molecule has 1 amide bonds. The molecular weight excluding hydrogens is 394 g/mol. The number of ether oxygens (including phenoxy) is 2. The molecule has 5 atom stereocenters. The number of aliphatic carboxylic acids is 1. The highest BCUT2D eigenvalue weighted by Crippen LogP contribution is 2.55. The standard InChI is InChI=1S/C22H28ClNO5/c1-12(2)22-8-7-21(3,29-22)18(10-22)28-17-6-4-5-16(23)15(17)11-24-19(25)13-9-14(13)20(26)27/h4-6,12-14,18H,7-11H2,1-3H3,(H,24,25)(H,26,27)/p-1/t13-,14+,18-,21-,22+/m1/s1. The molecule has 6 nitrogen and oxygen atoms in total. The lowest BCUT2D eigenvalue weighted by atomic mass is 9.75. The highest BCUT2D eigenvalue weighted by atomic mass is 35.5. The van der Waals surface area contributed by atoms with Gasteiger partial charge in [-0.1, -0.05) is 31.5 Å². The van der Waals surface area contributed by atoms with Gasteiger partial charge in [0.15, 0.2) is 0 Å². The second kappa shape index (κ2) is 7.17. The van der Waals surface area contributed by atoms with Crippen LogP contribution in [-0.2, 0) is 20.9 Å². The lowest BCUT2D eigenvalue weighted by molar-refractivity contribution is -0.308. The first-order valence-electron chi connectivity index (χ1n) is 10.3. The minimum atomic E-state index is -1.17. The lowest BCUT2D eigenvalue weighted by Gasteiger charge is -2.32. The van der Waals surface area contributed by atoms with Crippen molar-refractivity contribution >= 4 is 23.5 Å². The number of carbonyl (C=O) groups excluding carboxylic acids is 2. The van der Waals surface area contributed by atoms with Crippen LogP contribution in [0.2, 0.25) is 5.02 Å². The Morgan fingerprint density at radius 2 is 2.10 bits per heavy atom. The fraction of sp³-hybridized carbons (Fsp3) is 0.636. The third-order valence-electron chi connectivity index (χ3n) is 6.96. The molecule has 1 saturated carbocycles.